The fraction of sp³-hybridized carbons (Fsp3) is 0.286. The van der Waals surface area contributed by atoms with Crippen molar-refractivity contribution >= 4 is 11.6 Å². The smallest absolute Gasteiger partial charge is 0.120 e. The molecule has 1 heterocycles. The number of nitrogens with zero attached hydrogens (tertiary/aromatic N) is 2. The average Bonchev–Trinajstić information content (AvgIpc) is 2.39. The van der Waals surface area contributed by atoms with E-state index in [1.165, 1.54) is 6.33 Å². The van der Waals surface area contributed by atoms with Gasteiger partial charge in [0.1, 0.15) is 11.9 Å². The molecule has 0 saturated carbocycles. The number of aliphatic hydroxyl groups is 1. The molecule has 1 aromatic heterocycles. The molecular weight excluding hydrogens is 248 g/mol. The SMILES string of the molecule is CC(C)[C@@](O)(c1ccc(Cl)cc1)c1cncnc1. The first-order chi connectivity index (χ1) is 8.55. The maximum Gasteiger partial charge on any atom is 0.120 e. The average molecular weight is 263 g/mol. The van der Waals surface area contributed by atoms with E-state index in [2.05, 4.69) is 9.97 Å². The van der Waals surface area contributed by atoms with Gasteiger partial charge in [-0.3, -0.25) is 0 Å². The molecule has 0 fully saturated rings. The number of hydrogen-bond donors (Lipinski definition) is 1. The molecule has 94 valence electrons. The lowest BCUT2D eigenvalue weighted by Gasteiger charge is -2.32. The molecule has 3 nitrogen and oxygen atoms in total. The van der Waals surface area contributed by atoms with Gasteiger partial charge in [0.2, 0.25) is 0 Å². The Kier molecular flexibility index (Phi) is 3.64. The Morgan fingerprint density at radius 1 is 1.06 bits per heavy atom. The maximum absolute atomic E-state index is 11.0. The standard InChI is InChI=1S/C14H15ClN2O/c1-10(2)14(18,12-7-16-9-17-8-12)11-3-5-13(15)6-4-11/h3-10,18H,1-2H3/t14-/m1/s1. The van der Waals surface area contributed by atoms with E-state index < -0.39 is 5.60 Å². The van der Waals surface area contributed by atoms with Crippen LogP contribution in [0, 0.1) is 5.92 Å². The summed E-state index contributed by atoms with van der Waals surface area (Å²) in [5, 5.41) is 11.6. The summed E-state index contributed by atoms with van der Waals surface area (Å²) in [4.78, 5) is 7.96. The van der Waals surface area contributed by atoms with Crippen molar-refractivity contribution in [1.82, 2.24) is 9.97 Å². The van der Waals surface area contributed by atoms with Crippen molar-refractivity contribution in [3.05, 3.63) is 59.1 Å². The summed E-state index contributed by atoms with van der Waals surface area (Å²) >= 11 is 5.88. The first kappa shape index (κ1) is 13.0. The molecule has 0 aliphatic heterocycles. The fourth-order valence-corrected chi connectivity index (χ4v) is 2.16. The minimum absolute atomic E-state index is 0.00956. The maximum atomic E-state index is 11.0. The van der Waals surface area contributed by atoms with Gasteiger partial charge in [-0.05, 0) is 23.6 Å². The molecule has 2 aromatic rings. The van der Waals surface area contributed by atoms with Crippen molar-refractivity contribution in [2.75, 3.05) is 0 Å². The summed E-state index contributed by atoms with van der Waals surface area (Å²) in [6, 6.07) is 7.20. The van der Waals surface area contributed by atoms with Gasteiger partial charge in [-0.2, -0.15) is 0 Å². The molecule has 0 spiro atoms. The monoisotopic (exact) mass is 262 g/mol. The lowest BCUT2D eigenvalue weighted by atomic mass is 9.79. The van der Waals surface area contributed by atoms with E-state index in [4.69, 9.17) is 11.6 Å². The van der Waals surface area contributed by atoms with Crippen LogP contribution in [0.5, 0.6) is 0 Å². The van der Waals surface area contributed by atoms with E-state index >= 15 is 0 Å². The van der Waals surface area contributed by atoms with Crippen molar-refractivity contribution in [3.63, 3.8) is 0 Å². The third kappa shape index (κ3) is 2.24. The predicted molar refractivity (Wildman–Crippen MR) is 71.3 cm³/mol. The van der Waals surface area contributed by atoms with E-state index in [0.29, 0.717) is 10.6 Å². The molecule has 1 N–H and O–H groups in total. The van der Waals surface area contributed by atoms with Gasteiger partial charge in [-0.1, -0.05) is 37.6 Å². The Morgan fingerprint density at radius 2 is 1.61 bits per heavy atom. The van der Waals surface area contributed by atoms with Gasteiger partial charge in [0, 0.05) is 23.0 Å². The molecular formula is C14H15ClN2O. The zero-order valence-electron chi connectivity index (χ0n) is 10.3. The van der Waals surface area contributed by atoms with Crippen LogP contribution < -0.4 is 0 Å². The zero-order valence-corrected chi connectivity index (χ0v) is 11.1. The van der Waals surface area contributed by atoms with Crippen molar-refractivity contribution < 1.29 is 5.11 Å². The molecule has 0 aliphatic carbocycles. The number of aromatic nitrogens is 2. The molecule has 0 bridgehead atoms. The van der Waals surface area contributed by atoms with Gasteiger partial charge in [-0.15, -0.1) is 0 Å². The lowest BCUT2D eigenvalue weighted by Crippen LogP contribution is -2.33. The third-order valence-electron chi connectivity index (χ3n) is 3.12. The van der Waals surface area contributed by atoms with E-state index in [1.54, 1.807) is 24.5 Å². The Balaban J connectivity index is 2.54. The first-order valence-electron chi connectivity index (χ1n) is 5.79. The van der Waals surface area contributed by atoms with E-state index in [1.807, 2.05) is 26.0 Å². The zero-order chi connectivity index (χ0) is 13.2. The highest BCUT2D eigenvalue weighted by molar-refractivity contribution is 6.30. The second kappa shape index (κ2) is 5.04. The number of halogens is 1. The highest BCUT2D eigenvalue weighted by atomic mass is 35.5. The molecule has 2 rings (SSSR count). The van der Waals surface area contributed by atoms with Crippen molar-refractivity contribution in [3.8, 4) is 0 Å². The van der Waals surface area contributed by atoms with E-state index in [9.17, 15) is 5.11 Å². The van der Waals surface area contributed by atoms with Crippen LogP contribution in [0.25, 0.3) is 0 Å². The largest absolute Gasteiger partial charge is 0.380 e. The molecule has 18 heavy (non-hydrogen) atoms. The van der Waals surface area contributed by atoms with Crippen LogP contribution in [0.15, 0.2) is 43.0 Å². The van der Waals surface area contributed by atoms with Gasteiger partial charge < -0.3 is 5.11 Å². The molecule has 0 amide bonds. The Morgan fingerprint density at radius 3 is 2.11 bits per heavy atom. The number of hydrogen-bond acceptors (Lipinski definition) is 3. The van der Waals surface area contributed by atoms with Gasteiger partial charge in [0.05, 0.1) is 0 Å². The van der Waals surface area contributed by atoms with Crippen LogP contribution in [0.1, 0.15) is 25.0 Å². The lowest BCUT2D eigenvalue weighted by molar-refractivity contribution is 0.0311. The number of rotatable bonds is 3. The highest BCUT2D eigenvalue weighted by Crippen LogP contribution is 2.36. The molecule has 1 aromatic carbocycles. The van der Waals surface area contributed by atoms with Crippen LogP contribution >= 0.6 is 11.6 Å². The summed E-state index contributed by atoms with van der Waals surface area (Å²) < 4.78 is 0. The number of benzene rings is 1. The van der Waals surface area contributed by atoms with E-state index in [0.717, 1.165) is 5.56 Å². The Hall–Kier alpha value is -1.45. The summed E-state index contributed by atoms with van der Waals surface area (Å²) in [5.41, 5.74) is 0.366. The summed E-state index contributed by atoms with van der Waals surface area (Å²) in [6.07, 6.45) is 4.73. The van der Waals surface area contributed by atoms with Gasteiger partial charge in [-0.25, -0.2) is 9.97 Å². The molecule has 0 aliphatic rings. The second-order valence-electron chi connectivity index (χ2n) is 4.56. The Labute approximate surface area is 111 Å². The summed E-state index contributed by atoms with van der Waals surface area (Å²) in [6.45, 7) is 3.92. The van der Waals surface area contributed by atoms with Crippen molar-refractivity contribution in [1.29, 1.82) is 0 Å². The summed E-state index contributed by atoms with van der Waals surface area (Å²) in [5.74, 6) is -0.00956. The van der Waals surface area contributed by atoms with Gasteiger partial charge >= 0.3 is 0 Å². The van der Waals surface area contributed by atoms with Gasteiger partial charge in [0.25, 0.3) is 0 Å². The van der Waals surface area contributed by atoms with Crippen LogP contribution in [0.3, 0.4) is 0 Å². The van der Waals surface area contributed by atoms with Crippen LogP contribution in [0.4, 0.5) is 0 Å². The fourth-order valence-electron chi connectivity index (χ4n) is 2.03. The normalized spacial score (nSPS) is 14.5. The molecule has 0 unspecified atom stereocenters. The molecule has 4 heteroatoms. The Bertz CT molecular complexity index is 513. The van der Waals surface area contributed by atoms with Crippen LogP contribution in [-0.2, 0) is 5.60 Å². The van der Waals surface area contributed by atoms with Crippen LogP contribution in [0.2, 0.25) is 5.02 Å². The van der Waals surface area contributed by atoms with Crippen LogP contribution in [-0.4, -0.2) is 15.1 Å². The molecule has 0 radical (unpaired) electrons. The van der Waals surface area contributed by atoms with E-state index in [-0.39, 0.29) is 5.92 Å². The van der Waals surface area contributed by atoms with Crippen molar-refractivity contribution in [2.24, 2.45) is 5.92 Å². The summed E-state index contributed by atoms with van der Waals surface area (Å²) in [7, 11) is 0. The minimum atomic E-state index is -1.11. The molecule has 1 atom stereocenters. The minimum Gasteiger partial charge on any atom is -0.380 e. The second-order valence-corrected chi connectivity index (χ2v) is 4.99. The van der Waals surface area contributed by atoms with Crippen molar-refractivity contribution in [2.45, 2.75) is 19.4 Å². The third-order valence-corrected chi connectivity index (χ3v) is 3.37. The topological polar surface area (TPSA) is 46.0 Å². The quantitative estimate of drug-likeness (QED) is 0.925. The molecule has 0 saturated heterocycles. The highest BCUT2D eigenvalue weighted by Gasteiger charge is 2.35. The van der Waals surface area contributed by atoms with Gasteiger partial charge in [0.15, 0.2) is 0 Å². The first-order valence-corrected chi connectivity index (χ1v) is 6.17. The predicted octanol–water partition coefficient (Wildman–Crippen LogP) is 3.02.